The molecule has 1 aliphatic rings. The van der Waals surface area contributed by atoms with Gasteiger partial charge in [0.15, 0.2) is 11.5 Å². The van der Waals surface area contributed by atoms with Crippen molar-refractivity contribution in [2.75, 3.05) is 0 Å². The lowest BCUT2D eigenvalue weighted by Crippen LogP contribution is -2.25. The Bertz CT molecular complexity index is 629. The van der Waals surface area contributed by atoms with Crippen LogP contribution in [-0.2, 0) is 0 Å². The zero-order valence-corrected chi connectivity index (χ0v) is 10.5. The number of nitrogens with one attached hydrogen (secondary N) is 1. The van der Waals surface area contributed by atoms with Gasteiger partial charge in [0.1, 0.15) is 5.75 Å². The van der Waals surface area contributed by atoms with Crippen LogP contribution in [0, 0.1) is 6.92 Å². The number of nitrogens with zero attached hydrogens (tertiary/aromatic N) is 1. The number of hydrogen-bond donors (Lipinski definition) is 2. The van der Waals surface area contributed by atoms with Crippen molar-refractivity contribution in [2.24, 2.45) is 0 Å². The molecule has 0 atom stereocenters. The van der Waals surface area contributed by atoms with E-state index in [4.69, 9.17) is 4.52 Å². The van der Waals surface area contributed by atoms with Crippen molar-refractivity contribution < 1.29 is 14.4 Å². The molecule has 1 aliphatic carbocycles. The van der Waals surface area contributed by atoms with Gasteiger partial charge in [-0.3, -0.25) is 4.79 Å². The third-order valence-corrected chi connectivity index (χ3v) is 3.07. The average Bonchev–Trinajstić information content (AvgIpc) is 3.04. The number of phenols is 1. The molecular weight excluding hydrogens is 244 g/mol. The SMILES string of the molecule is Cc1ccc(-c2cc(C(=O)NC3CC3)no2)c(O)c1. The van der Waals surface area contributed by atoms with Gasteiger partial charge < -0.3 is 14.9 Å². The van der Waals surface area contributed by atoms with Crippen LogP contribution in [0.3, 0.4) is 0 Å². The normalized spacial score (nSPS) is 14.4. The Morgan fingerprint density at radius 3 is 2.89 bits per heavy atom. The number of carbonyl (C=O) groups excluding carboxylic acids is 1. The number of aromatic nitrogens is 1. The molecule has 1 amide bonds. The molecule has 1 saturated carbocycles. The van der Waals surface area contributed by atoms with E-state index in [2.05, 4.69) is 10.5 Å². The summed E-state index contributed by atoms with van der Waals surface area (Å²) in [5, 5.41) is 16.4. The minimum absolute atomic E-state index is 0.116. The summed E-state index contributed by atoms with van der Waals surface area (Å²) in [4.78, 5) is 11.8. The number of aryl methyl sites for hydroxylation is 1. The summed E-state index contributed by atoms with van der Waals surface area (Å²) in [6, 6.07) is 7.07. The van der Waals surface area contributed by atoms with Crippen LogP contribution >= 0.6 is 0 Å². The van der Waals surface area contributed by atoms with Gasteiger partial charge in [0.25, 0.3) is 5.91 Å². The molecule has 0 radical (unpaired) electrons. The third-order valence-electron chi connectivity index (χ3n) is 3.07. The minimum Gasteiger partial charge on any atom is -0.507 e. The first-order chi connectivity index (χ1) is 9.13. The second kappa shape index (κ2) is 4.42. The second-order valence-corrected chi connectivity index (χ2v) is 4.84. The van der Waals surface area contributed by atoms with Gasteiger partial charge in [0.05, 0.1) is 5.56 Å². The smallest absolute Gasteiger partial charge is 0.273 e. The van der Waals surface area contributed by atoms with E-state index in [1.165, 1.54) is 0 Å². The highest BCUT2D eigenvalue weighted by atomic mass is 16.5. The fourth-order valence-corrected chi connectivity index (χ4v) is 1.85. The molecule has 2 aromatic rings. The van der Waals surface area contributed by atoms with Crippen molar-refractivity contribution in [3.63, 3.8) is 0 Å². The monoisotopic (exact) mass is 258 g/mol. The van der Waals surface area contributed by atoms with E-state index >= 15 is 0 Å². The molecule has 2 N–H and O–H groups in total. The molecule has 1 heterocycles. The highest BCUT2D eigenvalue weighted by Crippen LogP contribution is 2.30. The van der Waals surface area contributed by atoms with Gasteiger partial charge in [-0.1, -0.05) is 11.2 Å². The van der Waals surface area contributed by atoms with E-state index in [0.717, 1.165) is 18.4 Å². The predicted molar refractivity (Wildman–Crippen MR) is 68.8 cm³/mol. The first kappa shape index (κ1) is 11.8. The summed E-state index contributed by atoms with van der Waals surface area (Å²) in [6.45, 7) is 1.89. The molecule has 5 nitrogen and oxygen atoms in total. The van der Waals surface area contributed by atoms with Crippen molar-refractivity contribution in [3.05, 3.63) is 35.5 Å². The van der Waals surface area contributed by atoms with E-state index in [-0.39, 0.29) is 23.4 Å². The van der Waals surface area contributed by atoms with Crippen molar-refractivity contribution in [2.45, 2.75) is 25.8 Å². The maximum Gasteiger partial charge on any atom is 0.273 e. The number of rotatable bonds is 3. The maximum absolute atomic E-state index is 11.8. The van der Waals surface area contributed by atoms with Crippen molar-refractivity contribution >= 4 is 5.91 Å². The van der Waals surface area contributed by atoms with Crippen molar-refractivity contribution in [1.82, 2.24) is 10.5 Å². The third kappa shape index (κ3) is 2.45. The lowest BCUT2D eigenvalue weighted by atomic mass is 10.1. The summed E-state index contributed by atoms with van der Waals surface area (Å²) in [7, 11) is 0. The fraction of sp³-hybridized carbons (Fsp3) is 0.286. The number of phenolic OH excluding ortho intramolecular Hbond substituents is 1. The van der Waals surface area contributed by atoms with Crippen LogP contribution in [0.25, 0.3) is 11.3 Å². The molecule has 0 spiro atoms. The Labute approximate surface area is 110 Å². The Kier molecular flexibility index (Phi) is 2.74. The first-order valence-corrected chi connectivity index (χ1v) is 6.21. The summed E-state index contributed by atoms with van der Waals surface area (Å²) in [5.41, 5.74) is 1.72. The van der Waals surface area contributed by atoms with Crippen LogP contribution in [-0.4, -0.2) is 22.2 Å². The Balaban J connectivity index is 1.85. The van der Waals surface area contributed by atoms with Gasteiger partial charge >= 0.3 is 0 Å². The van der Waals surface area contributed by atoms with Gasteiger partial charge in [-0.05, 0) is 37.5 Å². The zero-order valence-electron chi connectivity index (χ0n) is 10.5. The summed E-state index contributed by atoms with van der Waals surface area (Å²) in [6.07, 6.45) is 2.05. The van der Waals surface area contributed by atoms with Crippen molar-refractivity contribution in [3.8, 4) is 17.1 Å². The lowest BCUT2D eigenvalue weighted by molar-refractivity contribution is 0.0942. The molecule has 0 saturated heterocycles. The molecule has 1 aromatic carbocycles. The van der Waals surface area contributed by atoms with Crippen LogP contribution in [0.2, 0.25) is 0 Å². The summed E-state index contributed by atoms with van der Waals surface area (Å²) < 4.78 is 5.12. The molecule has 0 bridgehead atoms. The van der Waals surface area contributed by atoms with Crippen LogP contribution in [0.1, 0.15) is 28.9 Å². The van der Waals surface area contributed by atoms with Crippen LogP contribution < -0.4 is 5.32 Å². The number of carbonyl (C=O) groups is 1. The van der Waals surface area contributed by atoms with Crippen LogP contribution in [0.15, 0.2) is 28.8 Å². The van der Waals surface area contributed by atoms with Crippen molar-refractivity contribution in [1.29, 1.82) is 0 Å². The molecule has 19 heavy (non-hydrogen) atoms. The Morgan fingerprint density at radius 2 is 2.21 bits per heavy atom. The zero-order chi connectivity index (χ0) is 13.4. The van der Waals surface area contributed by atoms with E-state index in [1.54, 1.807) is 18.2 Å². The largest absolute Gasteiger partial charge is 0.507 e. The molecule has 1 fully saturated rings. The standard InChI is InChI=1S/C14H14N2O3/c1-8-2-5-10(12(17)6-8)13-7-11(16-19-13)14(18)15-9-3-4-9/h2,5-7,9,17H,3-4H2,1H3,(H,15,18). The van der Waals surface area contributed by atoms with Gasteiger partial charge in [-0.25, -0.2) is 0 Å². The molecule has 5 heteroatoms. The van der Waals surface area contributed by atoms with Gasteiger partial charge in [0.2, 0.25) is 0 Å². The number of amides is 1. The summed E-state index contributed by atoms with van der Waals surface area (Å²) in [5.74, 6) is 0.271. The van der Waals surface area contributed by atoms with Gasteiger partial charge in [-0.15, -0.1) is 0 Å². The lowest BCUT2D eigenvalue weighted by Gasteiger charge is -2.00. The fourth-order valence-electron chi connectivity index (χ4n) is 1.85. The second-order valence-electron chi connectivity index (χ2n) is 4.84. The molecular formula is C14H14N2O3. The number of hydrogen-bond acceptors (Lipinski definition) is 4. The number of aromatic hydroxyl groups is 1. The number of benzene rings is 1. The van der Waals surface area contributed by atoms with Crippen LogP contribution in [0.5, 0.6) is 5.75 Å². The van der Waals surface area contributed by atoms with E-state index in [1.807, 2.05) is 13.0 Å². The maximum atomic E-state index is 11.8. The topological polar surface area (TPSA) is 75.4 Å². The molecule has 3 rings (SSSR count). The molecule has 0 aliphatic heterocycles. The Hall–Kier alpha value is -2.30. The molecule has 1 aromatic heterocycles. The quantitative estimate of drug-likeness (QED) is 0.885. The van der Waals surface area contributed by atoms with E-state index in [9.17, 15) is 9.90 Å². The van der Waals surface area contributed by atoms with Gasteiger partial charge in [0, 0.05) is 12.1 Å². The predicted octanol–water partition coefficient (Wildman–Crippen LogP) is 2.25. The first-order valence-electron chi connectivity index (χ1n) is 6.21. The Morgan fingerprint density at radius 1 is 1.42 bits per heavy atom. The average molecular weight is 258 g/mol. The van der Waals surface area contributed by atoms with Gasteiger partial charge in [-0.2, -0.15) is 0 Å². The summed E-state index contributed by atoms with van der Waals surface area (Å²) >= 11 is 0. The van der Waals surface area contributed by atoms with E-state index < -0.39 is 0 Å². The highest BCUT2D eigenvalue weighted by molar-refractivity contribution is 5.93. The van der Waals surface area contributed by atoms with Crippen LogP contribution in [0.4, 0.5) is 0 Å². The molecule has 0 unspecified atom stereocenters. The van der Waals surface area contributed by atoms with E-state index in [0.29, 0.717) is 11.3 Å². The highest BCUT2D eigenvalue weighted by Gasteiger charge is 2.25. The minimum atomic E-state index is -0.232. The molecule has 98 valence electrons.